The lowest BCUT2D eigenvalue weighted by atomic mass is 9.96. The molecule has 1 aliphatic rings. The highest BCUT2D eigenvalue weighted by molar-refractivity contribution is 9.10. The first-order valence-electron chi connectivity index (χ1n) is 10.6. The van der Waals surface area contributed by atoms with Gasteiger partial charge in [-0.15, -0.1) is 0 Å². The maximum Gasteiger partial charge on any atom is 0.252 e. The highest BCUT2D eigenvalue weighted by atomic mass is 79.9. The maximum absolute atomic E-state index is 12.9. The predicted molar refractivity (Wildman–Crippen MR) is 131 cm³/mol. The fraction of sp³-hybridized carbons (Fsp3) is 0.269. The summed E-state index contributed by atoms with van der Waals surface area (Å²) in [6.07, 6.45) is 1.03. The number of halogens is 1. The van der Waals surface area contributed by atoms with Crippen LogP contribution in [0.2, 0.25) is 0 Å². The van der Waals surface area contributed by atoms with E-state index in [1.807, 2.05) is 38.4 Å². The van der Waals surface area contributed by atoms with Crippen LogP contribution >= 0.6 is 15.9 Å². The van der Waals surface area contributed by atoms with Crippen LogP contribution in [-0.2, 0) is 13.0 Å². The van der Waals surface area contributed by atoms with Crippen LogP contribution in [0.1, 0.15) is 33.1 Å². The smallest absolute Gasteiger partial charge is 0.252 e. The van der Waals surface area contributed by atoms with Gasteiger partial charge in [0.2, 0.25) is 0 Å². The Balaban J connectivity index is 1.57. The average Bonchev–Trinajstić information content (AvgIpc) is 2.79. The molecule has 0 saturated carbocycles. The number of benzene rings is 3. The molecule has 1 aliphatic heterocycles. The number of nitrogens with zero attached hydrogens (tertiary/aromatic N) is 2. The molecule has 5 heteroatoms. The molecule has 0 aromatic heterocycles. The second kappa shape index (κ2) is 9.67. The van der Waals surface area contributed by atoms with Crippen molar-refractivity contribution in [3.63, 3.8) is 0 Å². The van der Waals surface area contributed by atoms with E-state index in [2.05, 4.69) is 79.6 Å². The van der Waals surface area contributed by atoms with E-state index in [9.17, 15) is 4.79 Å². The number of rotatable bonds is 6. The standard InChI is InChI=1S/C26H28BrN3O/c1-29(2)22-13-11-20(12-14-22)25(17-28-26(31)23-9-5-6-10-24(23)27)30-16-15-19-7-3-4-8-21(19)18-30/h3-14,25H,15-18H2,1-2H3,(H,28,31)/t25-/m1/s1. The Kier molecular flexibility index (Phi) is 6.73. The first-order valence-corrected chi connectivity index (χ1v) is 11.4. The summed E-state index contributed by atoms with van der Waals surface area (Å²) in [5.74, 6) is -0.0557. The minimum atomic E-state index is -0.0557. The summed E-state index contributed by atoms with van der Waals surface area (Å²) in [5, 5.41) is 3.18. The van der Waals surface area contributed by atoms with E-state index in [0.29, 0.717) is 12.1 Å². The van der Waals surface area contributed by atoms with E-state index in [1.54, 1.807) is 0 Å². The SMILES string of the molecule is CN(C)c1ccc([C@@H](CNC(=O)c2ccccc2Br)N2CCc3ccccc3C2)cc1. The molecule has 0 saturated heterocycles. The van der Waals surface area contributed by atoms with Gasteiger partial charge in [0, 0.05) is 43.9 Å². The maximum atomic E-state index is 12.9. The Morgan fingerprint density at radius 3 is 2.39 bits per heavy atom. The summed E-state index contributed by atoms with van der Waals surface area (Å²) < 4.78 is 0.811. The lowest BCUT2D eigenvalue weighted by molar-refractivity contribution is 0.0927. The zero-order valence-corrected chi connectivity index (χ0v) is 19.6. The van der Waals surface area contributed by atoms with E-state index in [-0.39, 0.29) is 11.9 Å². The van der Waals surface area contributed by atoms with Crippen LogP contribution in [0.15, 0.2) is 77.3 Å². The van der Waals surface area contributed by atoms with Crippen molar-refractivity contribution in [2.45, 2.75) is 19.0 Å². The zero-order valence-electron chi connectivity index (χ0n) is 18.0. The third kappa shape index (κ3) is 5.00. The third-order valence-electron chi connectivity index (χ3n) is 5.97. The molecule has 0 spiro atoms. The minimum absolute atomic E-state index is 0.0557. The van der Waals surface area contributed by atoms with Crippen LogP contribution in [0.5, 0.6) is 0 Å². The van der Waals surface area contributed by atoms with Crippen molar-refractivity contribution >= 4 is 27.5 Å². The Bertz CT molecular complexity index is 1050. The van der Waals surface area contributed by atoms with Crippen molar-refractivity contribution in [2.24, 2.45) is 0 Å². The fourth-order valence-electron chi connectivity index (χ4n) is 4.17. The number of carbonyl (C=O) groups is 1. The topological polar surface area (TPSA) is 35.6 Å². The van der Waals surface area contributed by atoms with Crippen molar-refractivity contribution in [2.75, 3.05) is 32.1 Å². The first kappa shape index (κ1) is 21.6. The monoisotopic (exact) mass is 477 g/mol. The molecule has 31 heavy (non-hydrogen) atoms. The predicted octanol–water partition coefficient (Wildman–Crippen LogP) is 5.04. The number of fused-ring (bicyclic) bond motifs is 1. The van der Waals surface area contributed by atoms with Gasteiger partial charge in [-0.3, -0.25) is 9.69 Å². The second-order valence-corrected chi connectivity index (χ2v) is 9.04. The highest BCUT2D eigenvalue weighted by Crippen LogP contribution is 2.29. The molecule has 4 nitrogen and oxygen atoms in total. The van der Waals surface area contributed by atoms with E-state index < -0.39 is 0 Å². The van der Waals surface area contributed by atoms with E-state index in [4.69, 9.17) is 0 Å². The molecule has 1 N–H and O–H groups in total. The molecule has 0 radical (unpaired) electrons. The largest absolute Gasteiger partial charge is 0.378 e. The number of carbonyl (C=O) groups excluding carboxylic acids is 1. The first-order chi connectivity index (χ1) is 15.0. The van der Waals surface area contributed by atoms with Crippen molar-refractivity contribution in [1.82, 2.24) is 10.2 Å². The van der Waals surface area contributed by atoms with Gasteiger partial charge in [0.25, 0.3) is 5.91 Å². The van der Waals surface area contributed by atoms with Gasteiger partial charge in [0.1, 0.15) is 0 Å². The normalized spacial score (nSPS) is 14.5. The molecule has 0 aliphatic carbocycles. The van der Waals surface area contributed by atoms with Gasteiger partial charge in [-0.05, 0) is 63.3 Å². The molecular weight excluding hydrogens is 450 g/mol. The minimum Gasteiger partial charge on any atom is -0.378 e. The van der Waals surface area contributed by atoms with Crippen molar-refractivity contribution in [3.8, 4) is 0 Å². The summed E-state index contributed by atoms with van der Waals surface area (Å²) in [4.78, 5) is 17.4. The summed E-state index contributed by atoms with van der Waals surface area (Å²) in [6.45, 7) is 2.42. The van der Waals surface area contributed by atoms with Gasteiger partial charge in [-0.25, -0.2) is 0 Å². The van der Waals surface area contributed by atoms with Gasteiger partial charge < -0.3 is 10.2 Å². The molecule has 3 aromatic carbocycles. The van der Waals surface area contributed by atoms with Gasteiger partial charge in [-0.1, -0.05) is 48.5 Å². The van der Waals surface area contributed by atoms with Crippen molar-refractivity contribution in [3.05, 3.63) is 99.5 Å². The molecule has 1 amide bonds. The van der Waals surface area contributed by atoms with Crippen LogP contribution in [0.25, 0.3) is 0 Å². The summed E-state index contributed by atoms with van der Waals surface area (Å²) in [6, 6.07) is 25.0. The molecule has 4 rings (SSSR count). The summed E-state index contributed by atoms with van der Waals surface area (Å²) in [7, 11) is 4.10. The molecule has 0 bridgehead atoms. The Labute approximate surface area is 193 Å². The molecule has 3 aromatic rings. The van der Waals surface area contributed by atoms with Crippen LogP contribution in [0, 0.1) is 0 Å². The van der Waals surface area contributed by atoms with E-state index >= 15 is 0 Å². The van der Waals surface area contributed by atoms with Crippen molar-refractivity contribution in [1.29, 1.82) is 0 Å². The Morgan fingerprint density at radius 2 is 1.68 bits per heavy atom. The number of amides is 1. The van der Waals surface area contributed by atoms with E-state index in [0.717, 1.165) is 24.0 Å². The molecule has 160 valence electrons. The van der Waals surface area contributed by atoms with Crippen LogP contribution in [0.4, 0.5) is 5.69 Å². The molecular formula is C26H28BrN3O. The quantitative estimate of drug-likeness (QED) is 0.539. The number of nitrogens with one attached hydrogen (secondary N) is 1. The molecule has 0 unspecified atom stereocenters. The molecule has 1 atom stereocenters. The lowest BCUT2D eigenvalue weighted by Gasteiger charge is -2.36. The molecule has 1 heterocycles. The summed E-state index contributed by atoms with van der Waals surface area (Å²) >= 11 is 3.49. The fourth-order valence-corrected chi connectivity index (χ4v) is 4.63. The van der Waals surface area contributed by atoms with Crippen LogP contribution in [0.3, 0.4) is 0 Å². The second-order valence-electron chi connectivity index (χ2n) is 8.18. The Morgan fingerprint density at radius 1 is 1.00 bits per heavy atom. The zero-order chi connectivity index (χ0) is 21.8. The number of hydrogen-bond acceptors (Lipinski definition) is 3. The van der Waals surface area contributed by atoms with Crippen LogP contribution < -0.4 is 10.2 Å². The Hall–Kier alpha value is -2.63. The number of anilines is 1. The third-order valence-corrected chi connectivity index (χ3v) is 6.66. The highest BCUT2D eigenvalue weighted by Gasteiger charge is 2.25. The molecule has 0 fully saturated rings. The van der Waals surface area contributed by atoms with Crippen LogP contribution in [-0.4, -0.2) is 38.0 Å². The van der Waals surface area contributed by atoms with Gasteiger partial charge in [0.05, 0.1) is 11.6 Å². The number of hydrogen-bond donors (Lipinski definition) is 1. The van der Waals surface area contributed by atoms with E-state index in [1.165, 1.54) is 22.4 Å². The average molecular weight is 478 g/mol. The van der Waals surface area contributed by atoms with Gasteiger partial charge in [-0.2, -0.15) is 0 Å². The lowest BCUT2D eigenvalue weighted by Crippen LogP contribution is -2.40. The van der Waals surface area contributed by atoms with Gasteiger partial charge in [0.15, 0.2) is 0 Å². The summed E-state index contributed by atoms with van der Waals surface area (Å²) in [5.41, 5.74) is 5.85. The van der Waals surface area contributed by atoms with Crippen molar-refractivity contribution < 1.29 is 4.79 Å². The van der Waals surface area contributed by atoms with Gasteiger partial charge >= 0.3 is 0 Å².